The number of hydrogen-bond donors (Lipinski definition) is 1. The molecule has 0 radical (unpaired) electrons. The van der Waals surface area contributed by atoms with E-state index in [0.717, 1.165) is 12.8 Å². The summed E-state index contributed by atoms with van der Waals surface area (Å²) in [4.78, 5) is 22.0. The summed E-state index contributed by atoms with van der Waals surface area (Å²) in [7, 11) is 0. The lowest BCUT2D eigenvalue weighted by Gasteiger charge is -2.05. The van der Waals surface area contributed by atoms with Crippen molar-refractivity contribution in [2.45, 2.75) is 32.6 Å². The highest BCUT2D eigenvalue weighted by molar-refractivity contribution is 5.73. The van der Waals surface area contributed by atoms with E-state index in [1.165, 1.54) is 12.5 Å². The summed E-state index contributed by atoms with van der Waals surface area (Å²) in [6, 6.07) is 10.1. The fraction of sp³-hybridized carbons (Fsp3) is 0.467. The largest absolute Gasteiger partial charge is 0.466 e. The maximum atomic E-state index is 11.4. The Morgan fingerprint density at radius 3 is 2.58 bits per heavy atom. The quantitative estimate of drug-likeness (QED) is 0.577. The predicted molar refractivity (Wildman–Crippen MR) is 73.6 cm³/mol. The molecule has 0 heterocycles. The summed E-state index contributed by atoms with van der Waals surface area (Å²) in [5.41, 5.74) is 1.25. The lowest BCUT2D eigenvalue weighted by Crippen LogP contribution is -2.21. The first-order valence-electron chi connectivity index (χ1n) is 6.62. The lowest BCUT2D eigenvalue weighted by atomic mass is 10.1. The molecular weight excluding hydrogens is 242 g/mol. The summed E-state index contributed by atoms with van der Waals surface area (Å²) in [5.74, 6) is -0.269. The van der Waals surface area contributed by atoms with Crippen molar-refractivity contribution in [3.8, 4) is 0 Å². The van der Waals surface area contributed by atoms with E-state index in [0.29, 0.717) is 26.0 Å². The minimum absolute atomic E-state index is 0.0729. The molecule has 1 N–H and O–H groups in total. The molecule has 0 aliphatic rings. The molecule has 1 amide bonds. The molecule has 0 saturated carbocycles. The van der Waals surface area contributed by atoms with Crippen LogP contribution in [0.5, 0.6) is 0 Å². The molecule has 0 aromatic heterocycles. The molecule has 1 aromatic carbocycles. The van der Waals surface area contributed by atoms with Crippen LogP contribution >= 0.6 is 0 Å². The molecule has 19 heavy (non-hydrogen) atoms. The van der Waals surface area contributed by atoms with Crippen LogP contribution in [0.1, 0.15) is 31.7 Å². The van der Waals surface area contributed by atoms with Crippen molar-refractivity contribution in [2.75, 3.05) is 13.2 Å². The van der Waals surface area contributed by atoms with Gasteiger partial charge in [0.25, 0.3) is 0 Å². The van der Waals surface area contributed by atoms with Gasteiger partial charge in [-0.25, -0.2) is 0 Å². The van der Waals surface area contributed by atoms with Crippen LogP contribution in [-0.4, -0.2) is 25.0 Å². The Hall–Kier alpha value is -1.84. The molecule has 4 heteroatoms. The molecule has 0 aliphatic carbocycles. The highest BCUT2D eigenvalue weighted by Gasteiger charge is 2.02. The number of nitrogens with one attached hydrogen (secondary N) is 1. The molecule has 1 aromatic rings. The van der Waals surface area contributed by atoms with Gasteiger partial charge in [-0.1, -0.05) is 30.3 Å². The third-order valence-corrected chi connectivity index (χ3v) is 2.65. The van der Waals surface area contributed by atoms with Crippen molar-refractivity contribution < 1.29 is 14.3 Å². The fourth-order valence-corrected chi connectivity index (χ4v) is 1.68. The van der Waals surface area contributed by atoms with Crippen LogP contribution < -0.4 is 5.32 Å². The fourth-order valence-electron chi connectivity index (χ4n) is 1.68. The van der Waals surface area contributed by atoms with E-state index in [4.69, 9.17) is 4.74 Å². The van der Waals surface area contributed by atoms with E-state index in [1.54, 1.807) is 0 Å². The number of ether oxygens (including phenoxy) is 1. The van der Waals surface area contributed by atoms with E-state index < -0.39 is 0 Å². The van der Waals surface area contributed by atoms with Crippen molar-refractivity contribution in [2.24, 2.45) is 0 Å². The SMILES string of the molecule is CC(=O)NCCCC(=O)OCCCc1ccccc1. The zero-order valence-corrected chi connectivity index (χ0v) is 11.4. The van der Waals surface area contributed by atoms with Crippen LogP contribution in [0.25, 0.3) is 0 Å². The van der Waals surface area contributed by atoms with E-state index in [2.05, 4.69) is 17.4 Å². The number of benzene rings is 1. The highest BCUT2D eigenvalue weighted by atomic mass is 16.5. The zero-order valence-electron chi connectivity index (χ0n) is 11.4. The molecular formula is C15H21NO3. The number of aryl methyl sites for hydroxylation is 1. The van der Waals surface area contributed by atoms with Gasteiger partial charge < -0.3 is 10.1 Å². The Kier molecular flexibility index (Phi) is 7.32. The normalized spacial score (nSPS) is 9.95. The van der Waals surface area contributed by atoms with Gasteiger partial charge in [-0.15, -0.1) is 0 Å². The number of carbonyl (C=O) groups excluding carboxylic acids is 2. The van der Waals surface area contributed by atoms with E-state index >= 15 is 0 Å². The van der Waals surface area contributed by atoms with Crippen LogP contribution in [0.3, 0.4) is 0 Å². The number of hydrogen-bond acceptors (Lipinski definition) is 3. The van der Waals surface area contributed by atoms with Crippen LogP contribution in [0.15, 0.2) is 30.3 Å². The second kappa shape index (κ2) is 9.14. The minimum atomic E-state index is -0.196. The van der Waals surface area contributed by atoms with Gasteiger partial charge in [0, 0.05) is 19.9 Å². The number of carbonyl (C=O) groups is 2. The van der Waals surface area contributed by atoms with E-state index in [-0.39, 0.29) is 11.9 Å². The number of esters is 1. The second-order valence-electron chi connectivity index (χ2n) is 4.40. The Bertz CT molecular complexity index is 390. The molecule has 0 atom stereocenters. The Morgan fingerprint density at radius 2 is 1.89 bits per heavy atom. The summed E-state index contributed by atoms with van der Waals surface area (Å²) < 4.78 is 5.12. The standard InChI is InChI=1S/C15H21NO3/c1-13(17)16-11-5-10-15(18)19-12-6-9-14-7-3-2-4-8-14/h2-4,7-8H,5-6,9-12H2,1H3,(H,16,17). The molecule has 104 valence electrons. The first kappa shape index (κ1) is 15.2. The summed E-state index contributed by atoms with van der Waals surface area (Å²) in [5, 5.41) is 2.64. The molecule has 0 bridgehead atoms. The Balaban J connectivity index is 2.00. The first-order chi connectivity index (χ1) is 9.18. The smallest absolute Gasteiger partial charge is 0.305 e. The third kappa shape index (κ3) is 7.97. The predicted octanol–water partition coefficient (Wildman–Crippen LogP) is 2.08. The highest BCUT2D eigenvalue weighted by Crippen LogP contribution is 2.03. The zero-order chi connectivity index (χ0) is 13.9. The van der Waals surface area contributed by atoms with Crippen LogP contribution in [0.4, 0.5) is 0 Å². The number of rotatable bonds is 8. The minimum Gasteiger partial charge on any atom is -0.466 e. The van der Waals surface area contributed by atoms with Crippen LogP contribution in [-0.2, 0) is 20.7 Å². The van der Waals surface area contributed by atoms with Crippen molar-refractivity contribution in [3.63, 3.8) is 0 Å². The van der Waals surface area contributed by atoms with Gasteiger partial charge in [-0.05, 0) is 24.8 Å². The van der Waals surface area contributed by atoms with Crippen LogP contribution in [0, 0.1) is 0 Å². The molecule has 0 spiro atoms. The molecule has 0 unspecified atom stereocenters. The molecule has 0 aliphatic heterocycles. The molecule has 0 fully saturated rings. The Labute approximate surface area is 114 Å². The van der Waals surface area contributed by atoms with Gasteiger partial charge in [0.1, 0.15) is 0 Å². The van der Waals surface area contributed by atoms with E-state index in [1.807, 2.05) is 18.2 Å². The van der Waals surface area contributed by atoms with Crippen molar-refractivity contribution in [1.29, 1.82) is 0 Å². The van der Waals surface area contributed by atoms with Gasteiger partial charge in [0.05, 0.1) is 6.61 Å². The van der Waals surface area contributed by atoms with Crippen molar-refractivity contribution in [1.82, 2.24) is 5.32 Å². The van der Waals surface area contributed by atoms with Crippen molar-refractivity contribution in [3.05, 3.63) is 35.9 Å². The van der Waals surface area contributed by atoms with Crippen LogP contribution in [0.2, 0.25) is 0 Å². The van der Waals surface area contributed by atoms with Gasteiger partial charge in [0.2, 0.25) is 5.91 Å². The van der Waals surface area contributed by atoms with Gasteiger partial charge in [-0.3, -0.25) is 9.59 Å². The van der Waals surface area contributed by atoms with Gasteiger partial charge in [-0.2, -0.15) is 0 Å². The summed E-state index contributed by atoms with van der Waals surface area (Å²) in [6.07, 6.45) is 2.73. The number of amides is 1. The summed E-state index contributed by atoms with van der Waals surface area (Å²) >= 11 is 0. The van der Waals surface area contributed by atoms with E-state index in [9.17, 15) is 9.59 Å². The maximum absolute atomic E-state index is 11.4. The maximum Gasteiger partial charge on any atom is 0.305 e. The molecule has 0 saturated heterocycles. The topological polar surface area (TPSA) is 55.4 Å². The lowest BCUT2D eigenvalue weighted by molar-refractivity contribution is -0.143. The molecule has 4 nitrogen and oxygen atoms in total. The third-order valence-electron chi connectivity index (χ3n) is 2.65. The summed E-state index contributed by atoms with van der Waals surface area (Å²) in [6.45, 7) is 2.43. The van der Waals surface area contributed by atoms with Gasteiger partial charge in [0.15, 0.2) is 0 Å². The average Bonchev–Trinajstić information content (AvgIpc) is 2.41. The second-order valence-corrected chi connectivity index (χ2v) is 4.40. The monoisotopic (exact) mass is 263 g/mol. The average molecular weight is 263 g/mol. The van der Waals surface area contributed by atoms with Gasteiger partial charge >= 0.3 is 5.97 Å². The van der Waals surface area contributed by atoms with Crippen molar-refractivity contribution >= 4 is 11.9 Å². The Morgan fingerprint density at radius 1 is 1.16 bits per heavy atom. The first-order valence-corrected chi connectivity index (χ1v) is 6.62. The molecule has 1 rings (SSSR count).